The van der Waals surface area contributed by atoms with Gasteiger partial charge in [0.05, 0.1) is 18.7 Å². The lowest BCUT2D eigenvalue weighted by Gasteiger charge is -2.28. The van der Waals surface area contributed by atoms with Crippen molar-refractivity contribution in [2.75, 3.05) is 7.11 Å². The first kappa shape index (κ1) is 26.2. The fourth-order valence-corrected chi connectivity index (χ4v) is 6.52. The topological polar surface area (TPSA) is 64.6 Å². The maximum absolute atomic E-state index is 14.8. The number of hydrogen-bond donors (Lipinski definition) is 1. The van der Waals surface area contributed by atoms with E-state index in [-0.39, 0.29) is 6.61 Å². The van der Waals surface area contributed by atoms with Crippen molar-refractivity contribution in [1.29, 1.82) is 0 Å². The number of allylic oxidation sites excluding steroid dienone is 1. The Kier molecular flexibility index (Phi) is 8.73. The van der Waals surface area contributed by atoms with Crippen LogP contribution in [0.2, 0.25) is 0 Å². The summed E-state index contributed by atoms with van der Waals surface area (Å²) in [5.41, 5.74) is 2.02. The number of carbonyl (C=O) groups is 1. The fraction of sp³-hybridized carbons (Fsp3) is 0.129. The maximum atomic E-state index is 14.8. The van der Waals surface area contributed by atoms with Gasteiger partial charge in [-0.2, -0.15) is 0 Å². The SMILES string of the molecule is C/C=C(/C(=O)OCc1ccccc1)C(NP(=O)(c1ccccc1)c1ccccc1)c1ccc(OC)cc1. The van der Waals surface area contributed by atoms with Crippen molar-refractivity contribution in [3.63, 3.8) is 0 Å². The van der Waals surface area contributed by atoms with E-state index in [9.17, 15) is 9.36 Å². The zero-order valence-corrected chi connectivity index (χ0v) is 21.8. The quantitative estimate of drug-likeness (QED) is 0.162. The number of esters is 1. The molecule has 4 aromatic rings. The molecule has 4 rings (SSSR count). The highest BCUT2D eigenvalue weighted by Gasteiger charge is 2.34. The minimum absolute atomic E-state index is 0.140. The summed E-state index contributed by atoms with van der Waals surface area (Å²) in [4.78, 5) is 13.4. The molecule has 0 fully saturated rings. The summed E-state index contributed by atoms with van der Waals surface area (Å²) < 4.78 is 25.9. The summed E-state index contributed by atoms with van der Waals surface area (Å²) >= 11 is 0. The van der Waals surface area contributed by atoms with E-state index in [1.165, 1.54) is 0 Å². The average Bonchev–Trinajstić information content (AvgIpc) is 2.97. The van der Waals surface area contributed by atoms with Crippen molar-refractivity contribution < 1.29 is 18.8 Å². The molecule has 0 aliphatic heterocycles. The Hall–Kier alpha value is -3.92. The zero-order chi connectivity index (χ0) is 26.1. The molecule has 5 nitrogen and oxygen atoms in total. The maximum Gasteiger partial charge on any atom is 0.335 e. The fourth-order valence-electron chi connectivity index (χ4n) is 4.08. The minimum Gasteiger partial charge on any atom is -0.497 e. The van der Waals surface area contributed by atoms with E-state index in [1.54, 1.807) is 20.1 Å². The Labute approximate surface area is 218 Å². The lowest BCUT2D eigenvalue weighted by atomic mass is 9.99. The molecule has 0 aromatic heterocycles. The van der Waals surface area contributed by atoms with Gasteiger partial charge in [-0.3, -0.25) is 4.57 Å². The van der Waals surface area contributed by atoms with Crippen LogP contribution in [0.3, 0.4) is 0 Å². The van der Waals surface area contributed by atoms with E-state index in [2.05, 4.69) is 5.09 Å². The van der Waals surface area contributed by atoms with Crippen LogP contribution in [-0.2, 0) is 20.7 Å². The molecule has 0 heterocycles. The Bertz CT molecular complexity index is 1330. The molecular formula is C31H30NO4P. The normalized spacial score (nSPS) is 12.5. The molecule has 37 heavy (non-hydrogen) atoms. The third-order valence-corrected chi connectivity index (χ3v) is 8.74. The molecule has 0 aliphatic carbocycles. The Morgan fingerprint density at radius 2 is 1.32 bits per heavy atom. The van der Waals surface area contributed by atoms with Crippen LogP contribution in [0.5, 0.6) is 5.75 Å². The molecule has 4 aromatic carbocycles. The number of carbonyl (C=O) groups excluding carboxylic acids is 1. The molecule has 0 saturated heterocycles. The second kappa shape index (κ2) is 12.4. The molecule has 1 N–H and O–H groups in total. The van der Waals surface area contributed by atoms with Crippen LogP contribution < -0.4 is 20.4 Å². The second-order valence-electron chi connectivity index (χ2n) is 8.42. The number of methoxy groups -OCH3 is 1. The van der Waals surface area contributed by atoms with Crippen molar-refractivity contribution >= 4 is 23.9 Å². The van der Waals surface area contributed by atoms with Crippen LogP contribution in [0.25, 0.3) is 0 Å². The molecule has 0 bridgehead atoms. The number of hydrogen-bond acceptors (Lipinski definition) is 4. The van der Waals surface area contributed by atoms with Gasteiger partial charge < -0.3 is 9.47 Å². The van der Waals surface area contributed by atoms with Crippen molar-refractivity contribution in [3.8, 4) is 5.75 Å². The Balaban J connectivity index is 1.75. The molecule has 0 aliphatic rings. The van der Waals surface area contributed by atoms with Crippen molar-refractivity contribution in [2.45, 2.75) is 19.6 Å². The van der Waals surface area contributed by atoms with Crippen LogP contribution in [0.15, 0.2) is 127 Å². The standard InChI is InChI=1S/C31H30NO4P/c1-3-29(31(33)36-23-24-13-7-4-8-14-24)30(25-19-21-26(35-2)22-20-25)32-37(34,27-15-9-5-10-16-27)28-17-11-6-12-18-28/h3-22,30H,23H2,1-2H3,(H,32,34)/b29-3+. The number of benzene rings is 4. The molecule has 0 spiro atoms. The first-order chi connectivity index (χ1) is 18.0. The molecular weight excluding hydrogens is 481 g/mol. The Morgan fingerprint density at radius 3 is 1.81 bits per heavy atom. The van der Waals surface area contributed by atoms with Crippen molar-refractivity contribution in [2.24, 2.45) is 0 Å². The smallest absolute Gasteiger partial charge is 0.335 e. The van der Waals surface area contributed by atoms with E-state index in [0.29, 0.717) is 21.9 Å². The summed E-state index contributed by atoms with van der Waals surface area (Å²) in [6, 6.07) is 34.8. The predicted molar refractivity (Wildman–Crippen MR) is 149 cm³/mol. The van der Waals surface area contributed by atoms with Gasteiger partial charge in [0, 0.05) is 10.6 Å². The van der Waals surface area contributed by atoms with Crippen LogP contribution in [0.4, 0.5) is 0 Å². The summed E-state index contributed by atoms with van der Waals surface area (Å²) in [6.45, 7) is 1.93. The van der Waals surface area contributed by atoms with Gasteiger partial charge in [0.1, 0.15) is 12.4 Å². The lowest BCUT2D eigenvalue weighted by Crippen LogP contribution is -2.33. The molecule has 188 valence electrons. The molecule has 0 saturated carbocycles. The highest BCUT2D eigenvalue weighted by atomic mass is 31.2. The summed E-state index contributed by atoms with van der Waals surface area (Å²) in [7, 11) is -1.78. The van der Waals surface area contributed by atoms with E-state index in [0.717, 1.165) is 11.1 Å². The number of nitrogens with one attached hydrogen (secondary N) is 1. The van der Waals surface area contributed by atoms with Gasteiger partial charge in [-0.1, -0.05) is 84.9 Å². The summed E-state index contributed by atoms with van der Waals surface area (Å²) in [6.07, 6.45) is 1.72. The van der Waals surface area contributed by atoms with Gasteiger partial charge >= 0.3 is 5.97 Å². The Morgan fingerprint density at radius 1 is 0.811 bits per heavy atom. The summed E-state index contributed by atoms with van der Waals surface area (Å²) in [5, 5.41) is 4.68. The van der Waals surface area contributed by atoms with Gasteiger partial charge in [0.2, 0.25) is 7.29 Å². The minimum atomic E-state index is -3.38. The van der Waals surface area contributed by atoms with Crippen LogP contribution in [0.1, 0.15) is 24.1 Å². The zero-order valence-electron chi connectivity index (χ0n) is 20.9. The van der Waals surface area contributed by atoms with E-state index < -0.39 is 19.3 Å². The van der Waals surface area contributed by atoms with Gasteiger partial charge in [0.15, 0.2) is 0 Å². The van der Waals surface area contributed by atoms with Crippen LogP contribution in [-0.4, -0.2) is 13.1 Å². The van der Waals surface area contributed by atoms with E-state index in [1.807, 2.05) is 115 Å². The highest BCUT2D eigenvalue weighted by molar-refractivity contribution is 7.76. The average molecular weight is 512 g/mol. The van der Waals surface area contributed by atoms with Crippen LogP contribution in [0, 0.1) is 0 Å². The van der Waals surface area contributed by atoms with Crippen molar-refractivity contribution in [3.05, 3.63) is 138 Å². The van der Waals surface area contributed by atoms with Crippen molar-refractivity contribution in [1.82, 2.24) is 5.09 Å². The largest absolute Gasteiger partial charge is 0.497 e. The monoisotopic (exact) mass is 511 g/mol. The number of ether oxygens (including phenoxy) is 2. The highest BCUT2D eigenvalue weighted by Crippen LogP contribution is 2.43. The molecule has 6 heteroatoms. The molecule has 0 radical (unpaired) electrons. The van der Waals surface area contributed by atoms with Gasteiger partial charge in [-0.05, 0) is 54.4 Å². The van der Waals surface area contributed by atoms with Crippen LogP contribution >= 0.6 is 7.29 Å². The molecule has 1 atom stereocenters. The number of rotatable bonds is 10. The predicted octanol–water partition coefficient (Wildman–Crippen LogP) is 5.94. The van der Waals surface area contributed by atoms with Gasteiger partial charge in [-0.15, -0.1) is 0 Å². The first-order valence-corrected chi connectivity index (χ1v) is 13.8. The first-order valence-electron chi connectivity index (χ1n) is 12.1. The van der Waals surface area contributed by atoms with Gasteiger partial charge in [0.25, 0.3) is 0 Å². The van der Waals surface area contributed by atoms with E-state index in [4.69, 9.17) is 9.47 Å². The molecule has 0 amide bonds. The summed E-state index contributed by atoms with van der Waals surface area (Å²) in [5.74, 6) is 0.206. The third kappa shape index (κ3) is 6.26. The second-order valence-corrected chi connectivity index (χ2v) is 10.9. The third-order valence-electron chi connectivity index (χ3n) is 6.07. The lowest BCUT2D eigenvalue weighted by molar-refractivity contribution is -0.140. The van der Waals surface area contributed by atoms with Gasteiger partial charge in [-0.25, -0.2) is 9.88 Å². The molecule has 1 unspecified atom stereocenters. The van der Waals surface area contributed by atoms with E-state index >= 15 is 0 Å².